The normalized spacial score (nSPS) is 22.8. The predicted molar refractivity (Wildman–Crippen MR) is 86.2 cm³/mol. The number of thioether (sulfide) groups is 1. The summed E-state index contributed by atoms with van der Waals surface area (Å²) in [7, 11) is 0. The zero-order valence-electron chi connectivity index (χ0n) is 12.4. The molecule has 0 aliphatic heterocycles. The lowest BCUT2D eigenvalue weighted by Gasteiger charge is -2.23. The molecule has 2 heterocycles. The van der Waals surface area contributed by atoms with E-state index in [9.17, 15) is 0 Å². The van der Waals surface area contributed by atoms with Gasteiger partial charge >= 0.3 is 0 Å². The van der Waals surface area contributed by atoms with Gasteiger partial charge in [0.15, 0.2) is 0 Å². The summed E-state index contributed by atoms with van der Waals surface area (Å²) in [6, 6.07) is 0.547. The summed E-state index contributed by atoms with van der Waals surface area (Å²) in [5.41, 5.74) is 9.60. The van der Waals surface area contributed by atoms with Crippen LogP contribution in [0.5, 0.6) is 0 Å². The van der Waals surface area contributed by atoms with Gasteiger partial charge in [-0.1, -0.05) is 13.3 Å². The first kappa shape index (κ1) is 13.7. The highest BCUT2D eigenvalue weighted by Gasteiger charge is 2.31. The number of fused-ring (bicyclic) bond motifs is 1. The van der Waals surface area contributed by atoms with E-state index >= 15 is 0 Å². The molecule has 2 N–H and O–H groups in total. The smallest absolute Gasteiger partial charge is 0.146 e. The van der Waals surface area contributed by atoms with Crippen LogP contribution in [0.25, 0.3) is 11.0 Å². The van der Waals surface area contributed by atoms with Gasteiger partial charge in [0.1, 0.15) is 17.8 Å². The molecule has 0 amide bonds. The van der Waals surface area contributed by atoms with Crippen LogP contribution in [-0.2, 0) is 0 Å². The van der Waals surface area contributed by atoms with E-state index in [1.165, 1.54) is 36.3 Å². The van der Waals surface area contributed by atoms with Gasteiger partial charge in [-0.15, -0.1) is 0 Å². The molecule has 5 heteroatoms. The standard InChI is InChI=1S/C15H22N4S/c1-4-20-12-7-5-6-11(12)19-10(3)9(2)13-14(16)17-8-18-15(13)19/h8,11-12H,4-7H2,1-3H3,(H2,16,17,18). The second-order valence-corrected chi connectivity index (χ2v) is 7.05. The molecular formula is C15H22N4S. The minimum atomic E-state index is 0.547. The molecule has 2 atom stereocenters. The summed E-state index contributed by atoms with van der Waals surface area (Å²) >= 11 is 2.08. The molecule has 0 radical (unpaired) electrons. The van der Waals surface area contributed by atoms with Crippen LogP contribution in [0, 0.1) is 13.8 Å². The highest BCUT2D eigenvalue weighted by atomic mass is 32.2. The van der Waals surface area contributed by atoms with Crippen molar-refractivity contribution in [1.82, 2.24) is 14.5 Å². The van der Waals surface area contributed by atoms with Gasteiger partial charge in [0.05, 0.1) is 5.39 Å². The van der Waals surface area contributed by atoms with Crippen molar-refractivity contribution in [3.8, 4) is 0 Å². The van der Waals surface area contributed by atoms with Gasteiger partial charge < -0.3 is 10.3 Å². The first-order valence-corrected chi connectivity index (χ1v) is 8.39. The Bertz CT molecular complexity index is 634. The average molecular weight is 290 g/mol. The van der Waals surface area contributed by atoms with Crippen LogP contribution in [0.1, 0.15) is 43.5 Å². The van der Waals surface area contributed by atoms with Crippen molar-refractivity contribution in [2.24, 2.45) is 0 Å². The largest absolute Gasteiger partial charge is 0.383 e. The molecule has 20 heavy (non-hydrogen) atoms. The number of nitrogens with zero attached hydrogens (tertiary/aromatic N) is 3. The van der Waals surface area contributed by atoms with Crippen LogP contribution in [0.3, 0.4) is 0 Å². The minimum Gasteiger partial charge on any atom is -0.383 e. The maximum Gasteiger partial charge on any atom is 0.146 e. The number of hydrogen-bond donors (Lipinski definition) is 1. The lowest BCUT2D eigenvalue weighted by atomic mass is 10.2. The van der Waals surface area contributed by atoms with Gasteiger partial charge in [-0.05, 0) is 38.0 Å². The fourth-order valence-corrected chi connectivity index (χ4v) is 4.71. The molecule has 1 aliphatic carbocycles. The maximum atomic E-state index is 6.06. The third-order valence-electron chi connectivity index (χ3n) is 4.49. The summed E-state index contributed by atoms with van der Waals surface area (Å²) in [6.45, 7) is 6.55. The van der Waals surface area contributed by atoms with E-state index in [-0.39, 0.29) is 0 Å². The highest BCUT2D eigenvalue weighted by molar-refractivity contribution is 7.99. The Morgan fingerprint density at radius 2 is 2.15 bits per heavy atom. The molecule has 1 saturated carbocycles. The van der Waals surface area contributed by atoms with Crippen molar-refractivity contribution in [3.63, 3.8) is 0 Å². The van der Waals surface area contributed by atoms with E-state index in [1.54, 1.807) is 6.33 Å². The Morgan fingerprint density at radius 1 is 1.35 bits per heavy atom. The van der Waals surface area contributed by atoms with Gasteiger partial charge in [0.2, 0.25) is 0 Å². The number of aromatic nitrogens is 3. The summed E-state index contributed by atoms with van der Waals surface area (Å²) < 4.78 is 2.42. The van der Waals surface area contributed by atoms with Gasteiger partial charge in [-0.25, -0.2) is 9.97 Å². The maximum absolute atomic E-state index is 6.06. The van der Waals surface area contributed by atoms with Crippen LogP contribution in [-0.4, -0.2) is 25.5 Å². The Kier molecular flexibility index (Phi) is 3.63. The van der Waals surface area contributed by atoms with Gasteiger partial charge in [-0.2, -0.15) is 11.8 Å². The predicted octanol–water partition coefficient (Wildman–Crippen LogP) is 3.48. The summed E-state index contributed by atoms with van der Waals surface area (Å²) in [5.74, 6) is 1.78. The molecule has 2 aromatic rings. The molecule has 1 fully saturated rings. The van der Waals surface area contributed by atoms with E-state index in [0.717, 1.165) is 11.0 Å². The van der Waals surface area contributed by atoms with E-state index < -0.39 is 0 Å². The number of aryl methyl sites for hydroxylation is 1. The molecule has 108 valence electrons. The van der Waals surface area contributed by atoms with Crippen LogP contribution >= 0.6 is 11.8 Å². The second-order valence-electron chi connectivity index (χ2n) is 5.53. The van der Waals surface area contributed by atoms with Crippen LogP contribution in [0.2, 0.25) is 0 Å². The Labute approximate surface area is 124 Å². The topological polar surface area (TPSA) is 56.7 Å². The Hall–Kier alpha value is -1.23. The third-order valence-corrected chi connectivity index (χ3v) is 5.81. The first-order valence-electron chi connectivity index (χ1n) is 7.34. The third kappa shape index (κ3) is 1.99. The van der Waals surface area contributed by atoms with Gasteiger partial charge in [-0.3, -0.25) is 0 Å². The molecular weight excluding hydrogens is 268 g/mol. The monoisotopic (exact) mass is 290 g/mol. The second kappa shape index (κ2) is 5.28. The highest BCUT2D eigenvalue weighted by Crippen LogP contribution is 2.42. The van der Waals surface area contributed by atoms with Crippen molar-refractivity contribution < 1.29 is 0 Å². The fraction of sp³-hybridized carbons (Fsp3) is 0.600. The Balaban J connectivity index is 2.16. The van der Waals surface area contributed by atoms with Crippen LogP contribution in [0.4, 0.5) is 5.82 Å². The van der Waals surface area contributed by atoms with Crippen LogP contribution in [0.15, 0.2) is 6.33 Å². The number of hydrogen-bond acceptors (Lipinski definition) is 4. The molecule has 0 aromatic carbocycles. The zero-order chi connectivity index (χ0) is 14.3. The number of nitrogens with two attached hydrogens (primary N) is 1. The van der Waals surface area contributed by atoms with Crippen LogP contribution < -0.4 is 5.73 Å². The van der Waals surface area contributed by atoms with Gasteiger partial charge in [0, 0.05) is 17.0 Å². The quantitative estimate of drug-likeness (QED) is 0.940. The SMILES string of the molecule is CCSC1CCCC1n1c(C)c(C)c2c(N)ncnc21. The Morgan fingerprint density at radius 3 is 2.90 bits per heavy atom. The summed E-state index contributed by atoms with van der Waals surface area (Å²) in [6.07, 6.45) is 5.44. The summed E-state index contributed by atoms with van der Waals surface area (Å²) in [4.78, 5) is 8.68. The first-order chi connectivity index (χ1) is 9.65. The number of anilines is 1. The lowest BCUT2D eigenvalue weighted by Crippen LogP contribution is -2.18. The van der Waals surface area contributed by atoms with Crippen molar-refractivity contribution in [1.29, 1.82) is 0 Å². The molecule has 3 rings (SSSR count). The lowest BCUT2D eigenvalue weighted by molar-refractivity contribution is 0.530. The molecule has 0 saturated heterocycles. The number of rotatable bonds is 3. The van der Waals surface area contributed by atoms with Gasteiger partial charge in [0.25, 0.3) is 0 Å². The van der Waals surface area contributed by atoms with E-state index in [0.29, 0.717) is 17.1 Å². The van der Waals surface area contributed by atoms with Crippen molar-refractivity contribution in [2.45, 2.75) is 51.3 Å². The zero-order valence-corrected chi connectivity index (χ0v) is 13.2. The van der Waals surface area contributed by atoms with E-state index in [4.69, 9.17) is 5.73 Å². The molecule has 2 unspecified atom stereocenters. The fourth-order valence-electron chi connectivity index (χ4n) is 3.47. The molecule has 2 aromatic heterocycles. The molecule has 4 nitrogen and oxygen atoms in total. The molecule has 1 aliphatic rings. The van der Waals surface area contributed by atoms with E-state index in [1.807, 2.05) is 0 Å². The molecule has 0 bridgehead atoms. The van der Waals surface area contributed by atoms with Crippen molar-refractivity contribution in [3.05, 3.63) is 17.6 Å². The van der Waals surface area contributed by atoms with Crippen molar-refractivity contribution >= 4 is 28.6 Å². The summed E-state index contributed by atoms with van der Waals surface area (Å²) in [5, 5.41) is 1.74. The molecule has 0 spiro atoms. The number of nitrogen functional groups attached to an aromatic ring is 1. The van der Waals surface area contributed by atoms with Crippen molar-refractivity contribution in [2.75, 3.05) is 11.5 Å². The van der Waals surface area contributed by atoms with E-state index in [2.05, 4.69) is 47.1 Å². The average Bonchev–Trinajstić information content (AvgIpc) is 2.96. The minimum absolute atomic E-state index is 0.547.